The molecule has 1 N–H and O–H groups in total. The van der Waals surface area contributed by atoms with E-state index in [4.69, 9.17) is 46.9 Å². The predicted molar refractivity (Wildman–Crippen MR) is 123 cm³/mol. The molecule has 2 aromatic carbocycles. The summed E-state index contributed by atoms with van der Waals surface area (Å²) in [6, 6.07) is 10.2. The monoisotopic (exact) mass is 484 g/mol. The minimum absolute atomic E-state index is 0.0231. The number of carbonyl (C=O) groups is 1. The van der Waals surface area contributed by atoms with Crippen molar-refractivity contribution in [1.29, 1.82) is 0 Å². The SMILES string of the molecule is CCOCCOCCOc1c(Cl)cc(OCc2ccccc2/C(=C\OC)C(=O)O)cc1Cl. The van der Waals surface area contributed by atoms with Crippen LogP contribution in [0.1, 0.15) is 18.1 Å². The number of aliphatic carboxylic acids is 1. The Hall–Kier alpha value is -2.45. The van der Waals surface area contributed by atoms with E-state index in [1.54, 1.807) is 36.4 Å². The fourth-order valence-corrected chi connectivity index (χ4v) is 3.32. The van der Waals surface area contributed by atoms with Crippen molar-refractivity contribution in [2.45, 2.75) is 13.5 Å². The van der Waals surface area contributed by atoms with Gasteiger partial charge in [0, 0.05) is 18.7 Å². The quantitative estimate of drug-likeness (QED) is 0.227. The second-order valence-electron chi connectivity index (χ2n) is 6.39. The summed E-state index contributed by atoms with van der Waals surface area (Å²) in [4.78, 5) is 11.6. The maximum atomic E-state index is 11.6. The first-order valence-corrected chi connectivity index (χ1v) is 10.7. The number of carboxylic acids is 1. The molecule has 0 aliphatic heterocycles. The zero-order valence-electron chi connectivity index (χ0n) is 17.9. The van der Waals surface area contributed by atoms with Crippen LogP contribution in [0.4, 0.5) is 0 Å². The van der Waals surface area contributed by atoms with Crippen LogP contribution in [0.15, 0.2) is 42.7 Å². The Morgan fingerprint density at radius 2 is 1.66 bits per heavy atom. The zero-order chi connectivity index (χ0) is 23.3. The second-order valence-corrected chi connectivity index (χ2v) is 7.21. The van der Waals surface area contributed by atoms with E-state index in [1.807, 2.05) is 6.92 Å². The van der Waals surface area contributed by atoms with Gasteiger partial charge in [0.1, 0.15) is 24.5 Å². The van der Waals surface area contributed by atoms with Gasteiger partial charge in [-0.2, -0.15) is 0 Å². The molecule has 174 valence electrons. The highest BCUT2D eigenvalue weighted by atomic mass is 35.5. The number of carboxylic acid groups (broad SMARTS) is 1. The van der Waals surface area contributed by atoms with Gasteiger partial charge < -0.3 is 28.8 Å². The lowest BCUT2D eigenvalue weighted by Crippen LogP contribution is -2.11. The molecule has 0 aliphatic carbocycles. The van der Waals surface area contributed by atoms with E-state index in [1.165, 1.54) is 13.4 Å². The molecule has 0 fully saturated rings. The smallest absolute Gasteiger partial charge is 0.339 e. The van der Waals surface area contributed by atoms with Gasteiger partial charge >= 0.3 is 5.97 Å². The van der Waals surface area contributed by atoms with E-state index >= 15 is 0 Å². The van der Waals surface area contributed by atoms with Gasteiger partial charge in [-0.25, -0.2) is 4.79 Å². The van der Waals surface area contributed by atoms with Crippen molar-refractivity contribution < 1.29 is 33.6 Å². The van der Waals surface area contributed by atoms with E-state index in [0.29, 0.717) is 59.1 Å². The Balaban J connectivity index is 2.01. The minimum atomic E-state index is -1.10. The molecular weight excluding hydrogens is 459 g/mol. The fraction of sp³-hybridized carbons (Fsp3) is 0.348. The highest BCUT2D eigenvalue weighted by Crippen LogP contribution is 2.37. The third kappa shape index (κ3) is 7.91. The van der Waals surface area contributed by atoms with Crippen molar-refractivity contribution in [3.63, 3.8) is 0 Å². The molecule has 0 atom stereocenters. The van der Waals surface area contributed by atoms with Gasteiger partial charge in [-0.15, -0.1) is 0 Å². The molecule has 0 unspecified atom stereocenters. The van der Waals surface area contributed by atoms with Crippen molar-refractivity contribution in [1.82, 2.24) is 0 Å². The first-order valence-electron chi connectivity index (χ1n) is 9.92. The van der Waals surface area contributed by atoms with E-state index in [2.05, 4.69) is 0 Å². The maximum Gasteiger partial charge on any atom is 0.339 e. The number of benzene rings is 2. The van der Waals surface area contributed by atoms with Crippen LogP contribution in [0.25, 0.3) is 5.57 Å². The molecule has 9 heteroatoms. The Kier molecular flexibility index (Phi) is 11.2. The molecule has 0 spiro atoms. The summed E-state index contributed by atoms with van der Waals surface area (Å²) in [5.41, 5.74) is 1.17. The molecule has 0 heterocycles. The van der Waals surface area contributed by atoms with Crippen molar-refractivity contribution in [2.24, 2.45) is 0 Å². The summed E-state index contributed by atoms with van der Waals surface area (Å²) < 4.78 is 26.9. The number of rotatable bonds is 14. The van der Waals surface area contributed by atoms with Crippen LogP contribution in [-0.2, 0) is 25.6 Å². The third-order valence-electron chi connectivity index (χ3n) is 4.19. The minimum Gasteiger partial charge on any atom is -0.503 e. The van der Waals surface area contributed by atoms with Crippen molar-refractivity contribution in [3.8, 4) is 11.5 Å². The average Bonchev–Trinajstić information content (AvgIpc) is 2.77. The summed E-state index contributed by atoms with van der Waals surface area (Å²) in [6.07, 6.45) is 1.18. The Labute approximate surface area is 197 Å². The number of hydrogen-bond donors (Lipinski definition) is 1. The summed E-state index contributed by atoms with van der Waals surface area (Å²) in [7, 11) is 1.39. The van der Waals surface area contributed by atoms with Crippen LogP contribution < -0.4 is 9.47 Å². The molecule has 7 nitrogen and oxygen atoms in total. The molecular formula is C23H26Cl2O7. The molecule has 2 aromatic rings. The highest BCUT2D eigenvalue weighted by Gasteiger charge is 2.16. The van der Waals surface area contributed by atoms with E-state index < -0.39 is 5.97 Å². The second kappa shape index (κ2) is 13.9. The molecule has 0 aromatic heterocycles. The van der Waals surface area contributed by atoms with Crippen molar-refractivity contribution in [2.75, 3.05) is 40.1 Å². The van der Waals surface area contributed by atoms with Crippen LogP contribution >= 0.6 is 23.2 Å². The molecule has 0 aliphatic rings. The number of methoxy groups -OCH3 is 1. The lowest BCUT2D eigenvalue weighted by molar-refractivity contribution is -0.130. The van der Waals surface area contributed by atoms with Gasteiger partial charge in [0.05, 0.1) is 43.2 Å². The topological polar surface area (TPSA) is 83.5 Å². The average molecular weight is 485 g/mol. The fourth-order valence-electron chi connectivity index (χ4n) is 2.74. The lowest BCUT2D eigenvalue weighted by atomic mass is 10.0. The third-order valence-corrected chi connectivity index (χ3v) is 4.75. The molecule has 32 heavy (non-hydrogen) atoms. The first kappa shape index (κ1) is 25.8. The molecule has 0 bridgehead atoms. The normalized spacial score (nSPS) is 11.3. The van der Waals surface area contributed by atoms with Crippen LogP contribution in [0.2, 0.25) is 10.0 Å². The standard InChI is InChI=1S/C23H26Cl2O7/c1-3-29-8-9-30-10-11-31-22-20(24)12-17(13-21(22)25)32-14-16-6-4-5-7-18(16)19(15-28-2)23(26)27/h4-7,12-13,15H,3,8-11,14H2,1-2H3,(H,26,27)/b19-15+. The number of hydrogen-bond acceptors (Lipinski definition) is 6. The van der Waals surface area contributed by atoms with E-state index in [-0.39, 0.29) is 18.8 Å². The molecule has 0 saturated heterocycles. The Morgan fingerprint density at radius 1 is 1.00 bits per heavy atom. The van der Waals surface area contributed by atoms with Gasteiger partial charge in [0.15, 0.2) is 5.75 Å². The van der Waals surface area contributed by atoms with Gasteiger partial charge in [-0.1, -0.05) is 47.5 Å². The predicted octanol–water partition coefficient (Wildman–Crippen LogP) is 5.08. The molecule has 0 radical (unpaired) electrons. The summed E-state index contributed by atoms with van der Waals surface area (Å²) in [5, 5.41) is 10.0. The summed E-state index contributed by atoms with van der Waals surface area (Å²) >= 11 is 12.6. The van der Waals surface area contributed by atoms with Crippen molar-refractivity contribution >= 4 is 34.7 Å². The Morgan fingerprint density at radius 3 is 2.31 bits per heavy atom. The van der Waals surface area contributed by atoms with Gasteiger partial charge in [-0.05, 0) is 18.1 Å². The first-order chi connectivity index (χ1) is 15.5. The van der Waals surface area contributed by atoms with Gasteiger partial charge in [0.2, 0.25) is 0 Å². The summed E-state index contributed by atoms with van der Waals surface area (Å²) in [6.45, 7) is 4.34. The van der Waals surface area contributed by atoms with Crippen molar-refractivity contribution in [3.05, 3.63) is 63.8 Å². The van der Waals surface area contributed by atoms with Gasteiger partial charge in [-0.3, -0.25) is 0 Å². The number of halogens is 2. The van der Waals surface area contributed by atoms with Crippen LogP contribution in [0, 0.1) is 0 Å². The lowest BCUT2D eigenvalue weighted by Gasteiger charge is -2.14. The maximum absolute atomic E-state index is 11.6. The van der Waals surface area contributed by atoms with Crippen LogP contribution in [0.3, 0.4) is 0 Å². The summed E-state index contributed by atoms with van der Waals surface area (Å²) in [5.74, 6) is -0.345. The van der Waals surface area contributed by atoms with Crippen LogP contribution in [-0.4, -0.2) is 51.2 Å². The zero-order valence-corrected chi connectivity index (χ0v) is 19.4. The molecule has 0 amide bonds. The largest absolute Gasteiger partial charge is 0.503 e. The van der Waals surface area contributed by atoms with Crippen LogP contribution in [0.5, 0.6) is 11.5 Å². The molecule has 0 saturated carbocycles. The van der Waals surface area contributed by atoms with E-state index in [9.17, 15) is 9.90 Å². The highest BCUT2D eigenvalue weighted by molar-refractivity contribution is 6.37. The Bertz CT molecular complexity index is 892. The van der Waals surface area contributed by atoms with Gasteiger partial charge in [0.25, 0.3) is 0 Å². The number of ether oxygens (including phenoxy) is 5. The molecule has 2 rings (SSSR count). The van der Waals surface area contributed by atoms with E-state index in [0.717, 1.165) is 0 Å².